The van der Waals surface area contributed by atoms with Crippen molar-refractivity contribution < 1.29 is 29.3 Å². The Bertz CT molecular complexity index is 1190. The van der Waals surface area contributed by atoms with Gasteiger partial charge in [-0.3, -0.25) is 4.79 Å². The first-order valence-corrected chi connectivity index (χ1v) is 10.0. The summed E-state index contributed by atoms with van der Waals surface area (Å²) in [5, 5.41) is 25.2. The van der Waals surface area contributed by atoms with Crippen LogP contribution in [0.4, 0.5) is 21.2 Å². The summed E-state index contributed by atoms with van der Waals surface area (Å²) in [6.45, 7) is 5.08. The van der Waals surface area contributed by atoms with Crippen LogP contribution in [0.2, 0.25) is 0 Å². The minimum Gasteiger partial charge on any atom is -0.464 e. The van der Waals surface area contributed by atoms with Gasteiger partial charge in [0.2, 0.25) is 5.95 Å². The average Bonchev–Trinajstić information content (AvgIpc) is 3.06. The van der Waals surface area contributed by atoms with Crippen LogP contribution in [0.1, 0.15) is 32.4 Å². The fraction of sp³-hybridized carbons (Fsp3) is 0.273. The maximum atomic E-state index is 12.8. The third-order valence-corrected chi connectivity index (χ3v) is 4.55. The van der Waals surface area contributed by atoms with E-state index in [0.717, 1.165) is 4.57 Å². The predicted molar refractivity (Wildman–Crippen MR) is 121 cm³/mol. The number of benzene rings is 2. The molecule has 0 fully saturated rings. The minimum atomic E-state index is -1.69. The number of hydrogen-bond donors (Lipinski definition) is 5. The molecule has 0 aliphatic heterocycles. The molecular formula is C22H25N5O6. The first-order chi connectivity index (χ1) is 15.5. The summed E-state index contributed by atoms with van der Waals surface area (Å²) in [5.41, 5.74) is 6.04. The molecule has 1 aromatic heterocycles. The number of rotatable bonds is 5. The van der Waals surface area contributed by atoms with E-state index in [4.69, 9.17) is 10.5 Å². The molecule has 3 aromatic rings. The maximum absolute atomic E-state index is 12.8. The van der Waals surface area contributed by atoms with Crippen LogP contribution < -0.4 is 16.4 Å². The molecule has 1 heterocycles. The number of carboxylic acid groups (broad SMARTS) is 1. The first kappa shape index (κ1) is 23.5. The molecule has 33 heavy (non-hydrogen) atoms. The highest BCUT2D eigenvalue weighted by molar-refractivity contribution is 5.98. The van der Waals surface area contributed by atoms with E-state index in [9.17, 15) is 24.6 Å². The highest BCUT2D eigenvalue weighted by Gasteiger charge is 2.31. The number of aliphatic hydroxyl groups excluding tert-OH is 1. The second-order valence-electron chi connectivity index (χ2n) is 8.26. The van der Waals surface area contributed by atoms with Gasteiger partial charge in [0, 0.05) is 5.69 Å². The van der Waals surface area contributed by atoms with Crippen LogP contribution in [-0.4, -0.2) is 49.6 Å². The fourth-order valence-corrected chi connectivity index (χ4v) is 3.18. The van der Waals surface area contributed by atoms with E-state index in [-0.39, 0.29) is 17.2 Å². The third-order valence-electron chi connectivity index (χ3n) is 4.55. The number of nitrogen functional groups attached to an aromatic ring is 1. The van der Waals surface area contributed by atoms with Gasteiger partial charge < -0.3 is 31.3 Å². The van der Waals surface area contributed by atoms with Crippen molar-refractivity contribution in [2.24, 2.45) is 0 Å². The van der Waals surface area contributed by atoms with Crippen molar-refractivity contribution in [2.45, 2.75) is 38.5 Å². The van der Waals surface area contributed by atoms with Crippen LogP contribution in [0.3, 0.4) is 0 Å². The zero-order valence-electron chi connectivity index (χ0n) is 18.3. The molecule has 1 unspecified atom stereocenters. The molecule has 2 atom stereocenters. The normalized spacial score (nSPS) is 13.2. The van der Waals surface area contributed by atoms with Crippen LogP contribution >= 0.6 is 0 Å². The lowest BCUT2D eigenvalue weighted by Gasteiger charge is -2.26. The third kappa shape index (κ3) is 5.57. The highest BCUT2D eigenvalue weighted by atomic mass is 16.6. The van der Waals surface area contributed by atoms with Crippen LogP contribution in [0.5, 0.6) is 0 Å². The van der Waals surface area contributed by atoms with Crippen molar-refractivity contribution in [3.05, 3.63) is 54.1 Å². The number of amides is 2. The molecule has 3 rings (SSSR count). The quantitative estimate of drug-likeness (QED) is 0.391. The summed E-state index contributed by atoms with van der Waals surface area (Å²) in [7, 11) is 0. The smallest absolute Gasteiger partial charge is 0.418 e. The number of nitrogens with two attached hydrogens (primary N) is 1. The van der Waals surface area contributed by atoms with E-state index in [1.165, 1.54) is 18.2 Å². The van der Waals surface area contributed by atoms with Crippen LogP contribution in [0.15, 0.2) is 48.5 Å². The number of anilines is 2. The second-order valence-corrected chi connectivity index (χ2v) is 8.26. The molecule has 11 nitrogen and oxygen atoms in total. The van der Waals surface area contributed by atoms with Gasteiger partial charge in [-0.1, -0.05) is 30.3 Å². The van der Waals surface area contributed by atoms with Gasteiger partial charge in [-0.15, -0.1) is 0 Å². The van der Waals surface area contributed by atoms with Gasteiger partial charge in [-0.25, -0.2) is 19.1 Å². The number of fused-ring (bicyclic) bond motifs is 1. The first-order valence-electron chi connectivity index (χ1n) is 10.0. The summed E-state index contributed by atoms with van der Waals surface area (Å²) in [6, 6.07) is 11.7. The Labute approximate surface area is 189 Å². The SMILES string of the molecule is CC(C)(C)OC(=O)NC(c1ccccc1)[C@@H](O)C(=O)Nc1ccc2nc(N)n(C(=O)O)c2c1. The van der Waals surface area contributed by atoms with Crippen molar-refractivity contribution in [2.75, 3.05) is 11.1 Å². The molecule has 0 radical (unpaired) electrons. The van der Waals surface area contributed by atoms with Gasteiger partial charge in [-0.2, -0.15) is 0 Å². The van der Waals surface area contributed by atoms with E-state index < -0.39 is 35.8 Å². The van der Waals surface area contributed by atoms with Gasteiger partial charge >= 0.3 is 12.2 Å². The molecule has 0 aliphatic rings. The Morgan fingerprint density at radius 1 is 1.12 bits per heavy atom. The van der Waals surface area contributed by atoms with E-state index in [0.29, 0.717) is 11.1 Å². The number of aromatic nitrogens is 2. The molecule has 174 valence electrons. The predicted octanol–water partition coefficient (Wildman–Crippen LogP) is 2.71. The number of hydrogen-bond acceptors (Lipinski definition) is 7. The number of carbonyl (C=O) groups excluding carboxylic acids is 2. The molecule has 6 N–H and O–H groups in total. The topological polar surface area (TPSA) is 169 Å². The van der Waals surface area contributed by atoms with Crippen molar-refractivity contribution in [1.82, 2.24) is 14.9 Å². The van der Waals surface area contributed by atoms with E-state index in [1.807, 2.05) is 0 Å². The zero-order chi connectivity index (χ0) is 24.3. The van der Waals surface area contributed by atoms with Crippen LogP contribution in [-0.2, 0) is 9.53 Å². The maximum Gasteiger partial charge on any atom is 0.418 e. The Morgan fingerprint density at radius 2 is 1.79 bits per heavy atom. The number of nitrogens with zero attached hydrogens (tertiary/aromatic N) is 2. The molecule has 0 aliphatic carbocycles. The Balaban J connectivity index is 1.85. The molecule has 0 bridgehead atoms. The number of aliphatic hydroxyl groups is 1. The molecule has 2 amide bonds. The minimum absolute atomic E-state index is 0.166. The van der Waals surface area contributed by atoms with E-state index >= 15 is 0 Å². The van der Waals surface area contributed by atoms with E-state index in [2.05, 4.69) is 15.6 Å². The summed E-state index contributed by atoms with van der Waals surface area (Å²) >= 11 is 0. The van der Waals surface area contributed by atoms with Gasteiger partial charge in [0.25, 0.3) is 5.91 Å². The van der Waals surface area contributed by atoms with Gasteiger partial charge in [0.05, 0.1) is 17.1 Å². The zero-order valence-corrected chi connectivity index (χ0v) is 18.3. The van der Waals surface area contributed by atoms with Crippen LogP contribution in [0, 0.1) is 0 Å². The lowest BCUT2D eigenvalue weighted by Crippen LogP contribution is -2.44. The lowest BCUT2D eigenvalue weighted by atomic mass is 10.0. The van der Waals surface area contributed by atoms with E-state index in [1.54, 1.807) is 51.1 Å². The molecule has 2 aromatic carbocycles. The number of ether oxygens (including phenoxy) is 1. The Morgan fingerprint density at radius 3 is 2.39 bits per heavy atom. The monoisotopic (exact) mass is 455 g/mol. The van der Waals surface area contributed by atoms with Crippen molar-refractivity contribution in [3.8, 4) is 0 Å². The number of carbonyl (C=O) groups is 3. The summed E-state index contributed by atoms with van der Waals surface area (Å²) in [5.74, 6) is -1.04. The molecule has 11 heteroatoms. The molecule has 0 spiro atoms. The number of imidazole rings is 1. The van der Waals surface area contributed by atoms with Crippen LogP contribution in [0.25, 0.3) is 11.0 Å². The number of nitrogens with one attached hydrogen (secondary N) is 2. The van der Waals surface area contributed by atoms with Gasteiger partial charge in [-0.05, 0) is 44.5 Å². The van der Waals surface area contributed by atoms with Gasteiger partial charge in [0.1, 0.15) is 5.60 Å². The number of alkyl carbamates (subject to hydrolysis) is 1. The van der Waals surface area contributed by atoms with Crippen molar-refractivity contribution in [1.29, 1.82) is 0 Å². The standard InChI is InChI=1S/C22H25N5O6/c1-22(2,3)33-20(30)26-16(12-7-5-4-6-8-12)17(28)18(29)24-13-9-10-14-15(11-13)27(21(31)32)19(23)25-14/h4-11,16-17,28H,1-3H3,(H2,23,25)(H,24,29)(H,26,30)(H,31,32)/t16?,17-/m1/s1. The average molecular weight is 455 g/mol. The second kappa shape index (κ2) is 9.17. The molecular weight excluding hydrogens is 430 g/mol. The van der Waals surface area contributed by atoms with Gasteiger partial charge in [0.15, 0.2) is 6.10 Å². The summed E-state index contributed by atoms with van der Waals surface area (Å²) in [4.78, 5) is 40.6. The Kier molecular flexibility index (Phi) is 6.54. The summed E-state index contributed by atoms with van der Waals surface area (Å²) in [6.07, 6.45) is -3.82. The summed E-state index contributed by atoms with van der Waals surface area (Å²) < 4.78 is 6.03. The fourth-order valence-electron chi connectivity index (χ4n) is 3.18. The lowest BCUT2D eigenvalue weighted by molar-refractivity contribution is -0.125. The molecule has 0 saturated carbocycles. The van der Waals surface area contributed by atoms with Crippen molar-refractivity contribution >= 4 is 40.8 Å². The van der Waals surface area contributed by atoms with Crippen molar-refractivity contribution in [3.63, 3.8) is 0 Å². The molecule has 0 saturated heterocycles. The largest absolute Gasteiger partial charge is 0.464 e. The highest BCUT2D eigenvalue weighted by Crippen LogP contribution is 2.24. The Hall–Kier alpha value is -4.12.